The average molecular weight is 242 g/mol. The van der Waals surface area contributed by atoms with Crippen LogP contribution in [0, 0.1) is 0 Å². The second-order valence-corrected chi connectivity index (χ2v) is 5.73. The normalized spacial score (nSPS) is 29.5. The monoisotopic (exact) mass is 242 g/mol. The molecule has 1 fully saturated rings. The second kappa shape index (κ2) is 6.72. The van der Waals surface area contributed by atoms with Gasteiger partial charge in [-0.2, -0.15) is 0 Å². The standard InChI is InChI=1S/C14H30N2O/c1-5-13-8-7-12(3)16(13)10-9-14(4,11-17)15-6-2/h12-13,15,17H,5-11H2,1-4H3. The molecule has 3 heteroatoms. The van der Waals surface area contributed by atoms with Crippen LogP contribution in [0.4, 0.5) is 0 Å². The number of rotatable bonds is 7. The van der Waals surface area contributed by atoms with Crippen molar-refractivity contribution in [3.63, 3.8) is 0 Å². The van der Waals surface area contributed by atoms with Gasteiger partial charge in [-0.1, -0.05) is 13.8 Å². The Morgan fingerprint density at radius 3 is 2.59 bits per heavy atom. The summed E-state index contributed by atoms with van der Waals surface area (Å²) >= 11 is 0. The molecular formula is C14H30N2O. The van der Waals surface area contributed by atoms with Crippen molar-refractivity contribution < 1.29 is 5.11 Å². The fourth-order valence-electron chi connectivity index (χ4n) is 2.99. The lowest BCUT2D eigenvalue weighted by molar-refractivity contribution is 0.128. The van der Waals surface area contributed by atoms with Crippen molar-refractivity contribution in [3.05, 3.63) is 0 Å². The lowest BCUT2D eigenvalue weighted by atomic mass is 9.98. The van der Waals surface area contributed by atoms with Crippen molar-refractivity contribution in [2.24, 2.45) is 0 Å². The number of hydrogen-bond acceptors (Lipinski definition) is 3. The topological polar surface area (TPSA) is 35.5 Å². The van der Waals surface area contributed by atoms with Crippen LogP contribution in [-0.2, 0) is 0 Å². The van der Waals surface area contributed by atoms with E-state index >= 15 is 0 Å². The maximum absolute atomic E-state index is 9.50. The highest BCUT2D eigenvalue weighted by Crippen LogP contribution is 2.27. The Balaban J connectivity index is 2.47. The molecule has 0 aromatic rings. The number of hydrogen-bond donors (Lipinski definition) is 2. The summed E-state index contributed by atoms with van der Waals surface area (Å²) in [6, 6.07) is 1.47. The van der Waals surface area contributed by atoms with Crippen LogP contribution in [0.3, 0.4) is 0 Å². The van der Waals surface area contributed by atoms with Gasteiger partial charge in [0.2, 0.25) is 0 Å². The van der Waals surface area contributed by atoms with E-state index in [-0.39, 0.29) is 12.1 Å². The van der Waals surface area contributed by atoms with Gasteiger partial charge in [0.15, 0.2) is 0 Å². The van der Waals surface area contributed by atoms with E-state index < -0.39 is 0 Å². The summed E-state index contributed by atoms with van der Waals surface area (Å²) in [5.41, 5.74) is -0.116. The molecule has 102 valence electrons. The fraction of sp³-hybridized carbons (Fsp3) is 1.00. The van der Waals surface area contributed by atoms with Crippen molar-refractivity contribution in [3.8, 4) is 0 Å². The molecule has 3 nitrogen and oxygen atoms in total. The van der Waals surface area contributed by atoms with Gasteiger partial charge in [-0.15, -0.1) is 0 Å². The third-order valence-corrected chi connectivity index (χ3v) is 4.30. The molecule has 0 amide bonds. The third kappa shape index (κ3) is 3.94. The van der Waals surface area contributed by atoms with E-state index in [9.17, 15) is 5.11 Å². The van der Waals surface area contributed by atoms with Crippen LogP contribution in [0.15, 0.2) is 0 Å². The van der Waals surface area contributed by atoms with E-state index in [1.54, 1.807) is 0 Å². The predicted molar refractivity (Wildman–Crippen MR) is 73.3 cm³/mol. The van der Waals surface area contributed by atoms with E-state index in [1.807, 2.05) is 0 Å². The Hall–Kier alpha value is -0.120. The van der Waals surface area contributed by atoms with Gasteiger partial charge in [0, 0.05) is 24.2 Å². The molecule has 0 spiro atoms. The molecule has 3 unspecified atom stereocenters. The van der Waals surface area contributed by atoms with Crippen LogP contribution < -0.4 is 5.32 Å². The maximum atomic E-state index is 9.50. The van der Waals surface area contributed by atoms with Gasteiger partial charge < -0.3 is 10.4 Å². The minimum absolute atomic E-state index is 0.116. The van der Waals surface area contributed by atoms with E-state index in [0.29, 0.717) is 6.04 Å². The summed E-state index contributed by atoms with van der Waals surface area (Å²) in [4.78, 5) is 2.63. The number of aliphatic hydroxyl groups excluding tert-OH is 1. The molecular weight excluding hydrogens is 212 g/mol. The summed E-state index contributed by atoms with van der Waals surface area (Å²) in [6.07, 6.45) is 4.95. The Morgan fingerprint density at radius 2 is 2.06 bits per heavy atom. The lowest BCUT2D eigenvalue weighted by Crippen LogP contribution is -2.49. The lowest BCUT2D eigenvalue weighted by Gasteiger charge is -2.34. The smallest absolute Gasteiger partial charge is 0.0611 e. The zero-order valence-electron chi connectivity index (χ0n) is 12.0. The van der Waals surface area contributed by atoms with Crippen LogP contribution in [0.5, 0.6) is 0 Å². The summed E-state index contributed by atoms with van der Waals surface area (Å²) in [6.45, 7) is 11.1. The molecule has 1 aliphatic rings. The highest BCUT2D eigenvalue weighted by molar-refractivity contribution is 4.88. The van der Waals surface area contributed by atoms with Gasteiger partial charge >= 0.3 is 0 Å². The first-order valence-corrected chi connectivity index (χ1v) is 7.18. The van der Waals surface area contributed by atoms with Crippen molar-refractivity contribution in [1.82, 2.24) is 10.2 Å². The predicted octanol–water partition coefficient (Wildman–Crippen LogP) is 2.00. The summed E-state index contributed by atoms with van der Waals surface area (Å²) in [5, 5.41) is 12.9. The van der Waals surface area contributed by atoms with Gasteiger partial charge in [-0.25, -0.2) is 0 Å². The van der Waals surface area contributed by atoms with Crippen LogP contribution in [0.2, 0.25) is 0 Å². The van der Waals surface area contributed by atoms with E-state index in [4.69, 9.17) is 0 Å². The van der Waals surface area contributed by atoms with Crippen molar-refractivity contribution in [2.75, 3.05) is 19.7 Å². The summed E-state index contributed by atoms with van der Waals surface area (Å²) in [7, 11) is 0. The molecule has 1 rings (SSSR count). The molecule has 0 aliphatic carbocycles. The zero-order valence-corrected chi connectivity index (χ0v) is 12.0. The number of nitrogens with one attached hydrogen (secondary N) is 1. The van der Waals surface area contributed by atoms with Crippen LogP contribution in [0.1, 0.15) is 53.4 Å². The zero-order chi connectivity index (χ0) is 12.9. The van der Waals surface area contributed by atoms with Gasteiger partial charge in [0.1, 0.15) is 0 Å². The average Bonchev–Trinajstić information content (AvgIpc) is 2.68. The molecule has 1 saturated heterocycles. The molecule has 0 saturated carbocycles. The van der Waals surface area contributed by atoms with E-state index in [1.165, 1.54) is 19.3 Å². The molecule has 17 heavy (non-hydrogen) atoms. The van der Waals surface area contributed by atoms with Crippen molar-refractivity contribution in [2.45, 2.75) is 71.0 Å². The fourth-order valence-corrected chi connectivity index (χ4v) is 2.99. The number of likely N-dealkylation sites (tertiary alicyclic amines) is 1. The highest BCUT2D eigenvalue weighted by Gasteiger charge is 2.31. The quantitative estimate of drug-likeness (QED) is 0.717. The number of nitrogens with zero attached hydrogens (tertiary/aromatic N) is 1. The maximum Gasteiger partial charge on any atom is 0.0611 e. The molecule has 0 aromatic carbocycles. The largest absolute Gasteiger partial charge is 0.394 e. The van der Waals surface area contributed by atoms with Crippen LogP contribution in [0.25, 0.3) is 0 Å². The molecule has 0 radical (unpaired) electrons. The third-order valence-electron chi connectivity index (χ3n) is 4.30. The molecule has 0 bridgehead atoms. The Morgan fingerprint density at radius 1 is 1.35 bits per heavy atom. The Kier molecular flexibility index (Phi) is 5.90. The molecule has 0 aromatic heterocycles. The SMILES string of the molecule is CCNC(C)(CO)CCN1C(C)CCC1CC. The van der Waals surface area contributed by atoms with E-state index in [0.717, 1.165) is 25.6 Å². The van der Waals surface area contributed by atoms with Gasteiger partial charge in [-0.05, 0) is 46.1 Å². The van der Waals surface area contributed by atoms with E-state index in [2.05, 4.69) is 37.9 Å². The van der Waals surface area contributed by atoms with Crippen molar-refractivity contribution >= 4 is 0 Å². The first kappa shape index (κ1) is 14.9. The number of likely N-dealkylation sites (N-methyl/N-ethyl adjacent to an activating group) is 1. The van der Waals surface area contributed by atoms with Crippen LogP contribution >= 0.6 is 0 Å². The first-order valence-electron chi connectivity index (χ1n) is 7.18. The van der Waals surface area contributed by atoms with Crippen molar-refractivity contribution in [1.29, 1.82) is 0 Å². The highest BCUT2D eigenvalue weighted by atomic mass is 16.3. The summed E-state index contributed by atoms with van der Waals surface area (Å²) in [5.74, 6) is 0. The molecule has 3 atom stereocenters. The minimum Gasteiger partial charge on any atom is -0.394 e. The number of aliphatic hydroxyl groups is 1. The molecule has 1 aliphatic heterocycles. The Labute approximate surface area is 107 Å². The minimum atomic E-state index is -0.116. The van der Waals surface area contributed by atoms with Gasteiger partial charge in [0.05, 0.1) is 6.61 Å². The Bertz CT molecular complexity index is 222. The van der Waals surface area contributed by atoms with Gasteiger partial charge in [0.25, 0.3) is 0 Å². The van der Waals surface area contributed by atoms with Gasteiger partial charge in [-0.3, -0.25) is 4.90 Å². The van der Waals surface area contributed by atoms with Crippen LogP contribution in [-0.4, -0.2) is 47.3 Å². The molecule has 1 heterocycles. The second-order valence-electron chi connectivity index (χ2n) is 5.73. The molecule has 2 N–H and O–H groups in total. The summed E-state index contributed by atoms with van der Waals surface area (Å²) < 4.78 is 0. The first-order chi connectivity index (χ1) is 8.06.